The van der Waals surface area contributed by atoms with Crippen LogP contribution in [0.1, 0.15) is 5.48 Å². The quantitative estimate of drug-likeness (QED) is 0.234. The average Bonchev–Trinajstić information content (AvgIpc) is 3.57. The highest BCUT2D eigenvalue weighted by molar-refractivity contribution is 6.15. The molecule has 38 heavy (non-hydrogen) atoms. The molecule has 8 rings (SSSR count). The summed E-state index contributed by atoms with van der Waals surface area (Å²) in [5, 5.41) is 3.51. The number of hydrogen-bond acceptors (Lipinski definition) is 0. The van der Waals surface area contributed by atoms with Crippen LogP contribution in [0.15, 0.2) is 145 Å². The van der Waals surface area contributed by atoms with Gasteiger partial charge in [0.15, 0.2) is 0 Å². The van der Waals surface area contributed by atoms with Crippen molar-refractivity contribution in [1.82, 2.24) is 9.13 Å². The fourth-order valence-electron chi connectivity index (χ4n) is 5.82. The van der Waals surface area contributed by atoms with Crippen molar-refractivity contribution < 1.29 is 5.48 Å². The number of fused-ring (bicyclic) bond motifs is 6. The Morgan fingerprint density at radius 1 is 0.447 bits per heavy atom. The summed E-state index contributed by atoms with van der Waals surface area (Å²) >= 11 is 0. The SMILES string of the molecule is [2H]c1c([2H])c([2H])c2c(c1[2H])c1ccccc1n2-c1cccc2c3ccccc3n(-c3cccc(-c4ccccc4)c3)c12. The van der Waals surface area contributed by atoms with Crippen LogP contribution in [-0.4, -0.2) is 9.13 Å². The molecule has 6 aromatic carbocycles. The molecule has 2 heterocycles. The Labute approximate surface area is 226 Å². The second-order valence-electron chi connectivity index (χ2n) is 9.52. The minimum absolute atomic E-state index is 0.0239. The summed E-state index contributed by atoms with van der Waals surface area (Å²) in [6.07, 6.45) is 0. The molecule has 0 unspecified atom stereocenters. The minimum Gasteiger partial charge on any atom is -0.307 e. The predicted octanol–water partition coefficient (Wildman–Crippen LogP) is 9.55. The van der Waals surface area contributed by atoms with Gasteiger partial charge in [0, 0.05) is 27.2 Å². The van der Waals surface area contributed by atoms with Crippen molar-refractivity contribution in [1.29, 1.82) is 0 Å². The van der Waals surface area contributed by atoms with Crippen LogP contribution in [-0.2, 0) is 0 Å². The third-order valence-electron chi connectivity index (χ3n) is 7.43. The summed E-state index contributed by atoms with van der Waals surface area (Å²) in [6.45, 7) is 0. The zero-order valence-electron chi connectivity index (χ0n) is 24.4. The first kappa shape index (κ1) is 17.4. The molecular formula is C36H24N2. The number of para-hydroxylation sites is 4. The maximum atomic E-state index is 8.99. The highest BCUT2D eigenvalue weighted by Gasteiger charge is 2.19. The Kier molecular flexibility index (Phi) is 3.76. The number of nitrogens with zero attached hydrogens (tertiary/aromatic N) is 2. The molecule has 2 nitrogen and oxygen atoms in total. The maximum Gasteiger partial charge on any atom is 0.0782 e. The van der Waals surface area contributed by atoms with E-state index in [0.29, 0.717) is 10.9 Å². The van der Waals surface area contributed by atoms with Gasteiger partial charge < -0.3 is 9.13 Å². The second kappa shape index (κ2) is 8.22. The normalized spacial score (nSPS) is 13.2. The van der Waals surface area contributed by atoms with Gasteiger partial charge >= 0.3 is 0 Å². The van der Waals surface area contributed by atoms with Crippen molar-refractivity contribution in [2.45, 2.75) is 0 Å². The fourth-order valence-corrected chi connectivity index (χ4v) is 5.82. The summed E-state index contributed by atoms with van der Waals surface area (Å²) in [5.74, 6) is 0. The van der Waals surface area contributed by atoms with E-state index in [0.717, 1.165) is 55.2 Å². The van der Waals surface area contributed by atoms with Gasteiger partial charge in [0.1, 0.15) is 0 Å². The van der Waals surface area contributed by atoms with Crippen molar-refractivity contribution >= 4 is 43.6 Å². The molecule has 8 aromatic rings. The van der Waals surface area contributed by atoms with Gasteiger partial charge in [-0.05, 0) is 47.5 Å². The van der Waals surface area contributed by atoms with Crippen LogP contribution in [0, 0.1) is 0 Å². The predicted molar refractivity (Wildman–Crippen MR) is 161 cm³/mol. The Balaban J connectivity index is 1.55. The molecule has 0 aliphatic carbocycles. The molecule has 178 valence electrons. The van der Waals surface area contributed by atoms with Crippen LogP contribution in [0.25, 0.3) is 66.1 Å². The van der Waals surface area contributed by atoms with Crippen LogP contribution in [0.5, 0.6) is 0 Å². The van der Waals surface area contributed by atoms with Crippen molar-refractivity contribution in [2.75, 3.05) is 0 Å². The molecule has 0 aliphatic heterocycles. The Hall–Kier alpha value is -5.08. The highest BCUT2D eigenvalue weighted by atomic mass is 15.1. The number of aromatic nitrogens is 2. The molecule has 0 atom stereocenters. The monoisotopic (exact) mass is 488 g/mol. The molecule has 0 saturated carbocycles. The molecule has 0 amide bonds. The van der Waals surface area contributed by atoms with E-state index in [2.05, 4.69) is 71.3 Å². The molecule has 0 saturated heterocycles. The topological polar surface area (TPSA) is 9.86 Å². The van der Waals surface area contributed by atoms with Gasteiger partial charge in [0.2, 0.25) is 0 Å². The van der Waals surface area contributed by atoms with E-state index in [1.165, 1.54) is 0 Å². The van der Waals surface area contributed by atoms with Gasteiger partial charge in [0.25, 0.3) is 0 Å². The Bertz CT molecular complexity index is 2350. The van der Waals surface area contributed by atoms with Crippen molar-refractivity contribution in [3.05, 3.63) is 145 Å². The van der Waals surface area contributed by atoms with Gasteiger partial charge in [-0.1, -0.05) is 109 Å². The van der Waals surface area contributed by atoms with E-state index in [1.807, 2.05) is 59.2 Å². The lowest BCUT2D eigenvalue weighted by Gasteiger charge is -2.15. The van der Waals surface area contributed by atoms with E-state index in [9.17, 15) is 0 Å². The molecule has 0 radical (unpaired) electrons. The third-order valence-corrected chi connectivity index (χ3v) is 7.43. The van der Waals surface area contributed by atoms with Crippen LogP contribution >= 0.6 is 0 Å². The van der Waals surface area contributed by atoms with Crippen molar-refractivity contribution in [3.63, 3.8) is 0 Å². The van der Waals surface area contributed by atoms with Gasteiger partial charge in [-0.25, -0.2) is 0 Å². The Morgan fingerprint density at radius 2 is 1.08 bits per heavy atom. The third kappa shape index (κ3) is 3.01. The van der Waals surface area contributed by atoms with Crippen LogP contribution in [0.3, 0.4) is 0 Å². The van der Waals surface area contributed by atoms with Crippen molar-refractivity contribution in [3.8, 4) is 22.5 Å². The van der Waals surface area contributed by atoms with Crippen LogP contribution < -0.4 is 0 Å². The zero-order valence-corrected chi connectivity index (χ0v) is 20.4. The standard InChI is InChI=1S/C36H24N2/c1-2-12-25(13-3-1)26-14-10-15-27(24-26)37-32-20-7-6-18-30(32)31-19-11-23-35(36(31)37)38-33-21-8-4-16-28(33)29-17-5-9-22-34(29)38/h1-24H/i4D,8D,16D,21D. The van der Waals surface area contributed by atoms with Crippen LogP contribution in [0.4, 0.5) is 0 Å². The first-order valence-electron chi connectivity index (χ1n) is 14.7. The zero-order chi connectivity index (χ0) is 28.5. The summed E-state index contributed by atoms with van der Waals surface area (Å²) in [4.78, 5) is 0. The summed E-state index contributed by atoms with van der Waals surface area (Å²) in [6, 6.07) is 40.7. The van der Waals surface area contributed by atoms with Gasteiger partial charge in [0.05, 0.1) is 33.2 Å². The van der Waals surface area contributed by atoms with Gasteiger partial charge in [-0.2, -0.15) is 0 Å². The van der Waals surface area contributed by atoms with E-state index >= 15 is 0 Å². The molecule has 0 bridgehead atoms. The molecule has 0 spiro atoms. The average molecular weight is 489 g/mol. The summed E-state index contributed by atoms with van der Waals surface area (Å²) < 4.78 is 39.0. The van der Waals surface area contributed by atoms with Gasteiger partial charge in [-0.3, -0.25) is 0 Å². The first-order valence-corrected chi connectivity index (χ1v) is 12.7. The minimum atomic E-state index is -0.236. The van der Waals surface area contributed by atoms with E-state index in [-0.39, 0.29) is 24.2 Å². The number of rotatable bonds is 3. The lowest BCUT2D eigenvalue weighted by Crippen LogP contribution is -2.00. The lowest BCUT2D eigenvalue weighted by molar-refractivity contribution is 1.13. The molecule has 0 N–H and O–H groups in total. The van der Waals surface area contributed by atoms with Crippen LogP contribution in [0.2, 0.25) is 0 Å². The summed E-state index contributed by atoms with van der Waals surface area (Å²) in [5.41, 5.74) is 7.46. The molecule has 2 heteroatoms. The molecule has 0 fully saturated rings. The maximum absolute atomic E-state index is 8.99. The molecule has 2 aromatic heterocycles. The number of benzene rings is 6. The largest absolute Gasteiger partial charge is 0.307 e. The number of hydrogen-bond donors (Lipinski definition) is 0. The fraction of sp³-hybridized carbons (Fsp3) is 0. The molecule has 0 aliphatic rings. The van der Waals surface area contributed by atoms with Gasteiger partial charge in [-0.15, -0.1) is 0 Å². The van der Waals surface area contributed by atoms with E-state index in [4.69, 9.17) is 5.48 Å². The highest BCUT2D eigenvalue weighted by Crippen LogP contribution is 2.39. The van der Waals surface area contributed by atoms with Crippen molar-refractivity contribution in [2.24, 2.45) is 0 Å². The smallest absolute Gasteiger partial charge is 0.0782 e. The lowest BCUT2D eigenvalue weighted by atomic mass is 10.1. The summed E-state index contributed by atoms with van der Waals surface area (Å²) in [7, 11) is 0. The first-order chi connectivity index (χ1) is 20.5. The Morgan fingerprint density at radius 3 is 1.92 bits per heavy atom. The van der Waals surface area contributed by atoms with E-state index < -0.39 is 0 Å². The molecular weight excluding hydrogens is 460 g/mol. The second-order valence-corrected chi connectivity index (χ2v) is 9.52. The van der Waals surface area contributed by atoms with E-state index in [1.54, 1.807) is 0 Å².